The maximum absolute atomic E-state index is 12.3. The van der Waals surface area contributed by atoms with Gasteiger partial charge in [0.15, 0.2) is 0 Å². The van der Waals surface area contributed by atoms with Crippen LogP contribution < -0.4 is 16.4 Å². The summed E-state index contributed by atoms with van der Waals surface area (Å²) in [7, 11) is 0. The number of nitrogens with zero attached hydrogens (tertiary/aromatic N) is 1. The molecule has 0 radical (unpaired) electrons. The van der Waals surface area contributed by atoms with Gasteiger partial charge in [0.1, 0.15) is 0 Å². The monoisotopic (exact) mass is 394 g/mol. The van der Waals surface area contributed by atoms with Gasteiger partial charge in [0.25, 0.3) is 5.91 Å². The molecule has 2 unspecified atom stereocenters. The average Bonchev–Trinajstić information content (AvgIpc) is 2.66. The van der Waals surface area contributed by atoms with E-state index in [1.54, 1.807) is 24.3 Å². The van der Waals surface area contributed by atoms with E-state index in [2.05, 4.69) is 53.6 Å². The predicted molar refractivity (Wildman–Crippen MR) is 115 cm³/mol. The van der Waals surface area contributed by atoms with Crippen LogP contribution in [0.3, 0.4) is 0 Å². The van der Waals surface area contributed by atoms with E-state index in [4.69, 9.17) is 5.73 Å². The second kappa shape index (κ2) is 9.56. The van der Waals surface area contributed by atoms with E-state index in [0.29, 0.717) is 17.8 Å². The van der Waals surface area contributed by atoms with Gasteiger partial charge in [-0.3, -0.25) is 9.69 Å². The minimum Gasteiger partial charge on any atom is -0.351 e. The first-order valence-corrected chi connectivity index (χ1v) is 10.1. The highest BCUT2D eigenvalue weighted by Crippen LogP contribution is 2.22. The Morgan fingerprint density at radius 2 is 1.55 bits per heavy atom. The molecule has 1 aliphatic rings. The van der Waals surface area contributed by atoms with Crippen LogP contribution in [0.5, 0.6) is 0 Å². The maximum Gasteiger partial charge on any atom is 0.316 e. The van der Waals surface area contributed by atoms with E-state index in [1.165, 1.54) is 12.0 Å². The molecule has 1 saturated heterocycles. The number of amides is 3. The number of carbonyl (C=O) groups is 2. The Kier molecular flexibility index (Phi) is 6.88. The standard InChI is InChI=1S/C23H30N4O2/c1-16-11-17(2)14-27(13-16)15-19-5-3-18(4-6-19)12-25-22(28)20-7-9-21(10-8-20)26-23(24)29/h3-10,16-17H,11-15H2,1-2H3,(H,25,28)(H3,24,26,29). The molecule has 2 atom stereocenters. The third kappa shape index (κ3) is 6.32. The first-order chi connectivity index (χ1) is 13.9. The number of nitrogens with one attached hydrogen (secondary N) is 2. The van der Waals surface area contributed by atoms with Crippen molar-refractivity contribution in [3.63, 3.8) is 0 Å². The third-order valence-electron chi connectivity index (χ3n) is 5.24. The van der Waals surface area contributed by atoms with Crippen LogP contribution >= 0.6 is 0 Å². The van der Waals surface area contributed by atoms with Crippen LogP contribution in [0.1, 0.15) is 41.8 Å². The first kappa shape index (κ1) is 20.9. The molecule has 0 aromatic heterocycles. The molecule has 1 fully saturated rings. The summed E-state index contributed by atoms with van der Waals surface area (Å²) in [6, 6.07) is 14.4. The van der Waals surface area contributed by atoms with E-state index in [0.717, 1.165) is 37.0 Å². The zero-order chi connectivity index (χ0) is 20.8. The molecule has 2 aromatic rings. The SMILES string of the molecule is CC1CC(C)CN(Cc2ccc(CNC(=O)c3ccc(NC(N)=O)cc3)cc2)C1. The molecule has 29 heavy (non-hydrogen) atoms. The Labute approximate surface area is 172 Å². The van der Waals surface area contributed by atoms with Gasteiger partial charge in [0, 0.05) is 37.4 Å². The van der Waals surface area contributed by atoms with Crippen LogP contribution in [0, 0.1) is 11.8 Å². The molecular formula is C23H30N4O2. The Morgan fingerprint density at radius 1 is 0.966 bits per heavy atom. The van der Waals surface area contributed by atoms with Gasteiger partial charge in [0.05, 0.1) is 0 Å². The van der Waals surface area contributed by atoms with Crippen molar-refractivity contribution in [3.05, 3.63) is 65.2 Å². The average molecular weight is 395 g/mol. The van der Waals surface area contributed by atoms with E-state index in [9.17, 15) is 9.59 Å². The number of likely N-dealkylation sites (tertiary alicyclic amines) is 1. The lowest BCUT2D eigenvalue weighted by Gasteiger charge is -2.35. The van der Waals surface area contributed by atoms with Gasteiger partial charge in [0.2, 0.25) is 0 Å². The van der Waals surface area contributed by atoms with Crippen molar-refractivity contribution in [2.45, 2.75) is 33.4 Å². The summed E-state index contributed by atoms with van der Waals surface area (Å²) in [5.74, 6) is 1.36. The van der Waals surface area contributed by atoms with Crippen LogP contribution in [0.2, 0.25) is 0 Å². The number of hydrogen-bond donors (Lipinski definition) is 3. The molecule has 4 N–H and O–H groups in total. The quantitative estimate of drug-likeness (QED) is 0.700. The van der Waals surface area contributed by atoms with Crippen molar-refractivity contribution in [2.75, 3.05) is 18.4 Å². The van der Waals surface area contributed by atoms with Gasteiger partial charge in [-0.15, -0.1) is 0 Å². The summed E-state index contributed by atoms with van der Waals surface area (Å²) < 4.78 is 0. The van der Waals surface area contributed by atoms with Crippen molar-refractivity contribution in [3.8, 4) is 0 Å². The summed E-state index contributed by atoms with van der Waals surface area (Å²) in [5.41, 5.74) is 8.54. The van der Waals surface area contributed by atoms with Gasteiger partial charge in [-0.25, -0.2) is 4.79 Å². The smallest absolute Gasteiger partial charge is 0.316 e. The fourth-order valence-corrected chi connectivity index (χ4v) is 4.07. The topological polar surface area (TPSA) is 87.5 Å². The van der Waals surface area contributed by atoms with Gasteiger partial charge in [-0.1, -0.05) is 38.1 Å². The molecule has 0 aliphatic carbocycles. The lowest BCUT2D eigenvalue weighted by molar-refractivity contribution is 0.0951. The Hall–Kier alpha value is -2.86. The summed E-state index contributed by atoms with van der Waals surface area (Å²) in [6.07, 6.45) is 1.32. The third-order valence-corrected chi connectivity index (χ3v) is 5.24. The summed E-state index contributed by atoms with van der Waals surface area (Å²) in [6.45, 7) is 8.43. The molecule has 0 spiro atoms. The van der Waals surface area contributed by atoms with Gasteiger partial charge in [-0.05, 0) is 53.6 Å². The highest BCUT2D eigenvalue weighted by Gasteiger charge is 2.21. The number of anilines is 1. The molecule has 0 bridgehead atoms. The first-order valence-electron chi connectivity index (χ1n) is 10.1. The van der Waals surface area contributed by atoms with Crippen LogP contribution in [0.15, 0.2) is 48.5 Å². The second-order valence-corrected chi connectivity index (χ2v) is 8.21. The highest BCUT2D eigenvalue weighted by molar-refractivity contribution is 5.95. The highest BCUT2D eigenvalue weighted by atomic mass is 16.2. The van der Waals surface area contributed by atoms with Crippen LogP contribution in [0.25, 0.3) is 0 Å². The molecule has 6 nitrogen and oxygen atoms in total. The second-order valence-electron chi connectivity index (χ2n) is 8.21. The number of rotatable bonds is 6. The van der Waals surface area contributed by atoms with Gasteiger partial charge in [-0.2, -0.15) is 0 Å². The normalized spacial score (nSPS) is 19.5. The van der Waals surface area contributed by atoms with Gasteiger partial charge >= 0.3 is 6.03 Å². The minimum atomic E-state index is -0.630. The number of urea groups is 1. The lowest BCUT2D eigenvalue weighted by atomic mass is 9.91. The van der Waals surface area contributed by atoms with Crippen molar-refractivity contribution in [1.82, 2.24) is 10.2 Å². The number of benzene rings is 2. The fourth-order valence-electron chi connectivity index (χ4n) is 4.07. The maximum atomic E-state index is 12.3. The molecule has 1 aliphatic heterocycles. The molecular weight excluding hydrogens is 364 g/mol. The van der Waals surface area contributed by atoms with Crippen LogP contribution in [-0.4, -0.2) is 29.9 Å². The number of hydrogen-bond acceptors (Lipinski definition) is 3. The van der Waals surface area contributed by atoms with Crippen molar-refractivity contribution >= 4 is 17.6 Å². The molecule has 154 valence electrons. The molecule has 2 aromatic carbocycles. The van der Waals surface area contributed by atoms with Crippen molar-refractivity contribution in [1.29, 1.82) is 0 Å². The Morgan fingerprint density at radius 3 is 2.14 bits per heavy atom. The fraction of sp³-hybridized carbons (Fsp3) is 0.391. The van der Waals surface area contributed by atoms with Crippen LogP contribution in [0.4, 0.5) is 10.5 Å². The largest absolute Gasteiger partial charge is 0.351 e. The van der Waals surface area contributed by atoms with E-state index < -0.39 is 6.03 Å². The van der Waals surface area contributed by atoms with Crippen LogP contribution in [-0.2, 0) is 13.1 Å². The summed E-state index contributed by atoms with van der Waals surface area (Å²) in [5, 5.41) is 5.40. The van der Waals surface area contributed by atoms with E-state index in [1.807, 2.05) is 0 Å². The molecule has 6 heteroatoms. The summed E-state index contributed by atoms with van der Waals surface area (Å²) in [4.78, 5) is 25.7. The molecule has 3 rings (SSSR count). The Balaban J connectivity index is 1.49. The molecule has 1 heterocycles. The van der Waals surface area contributed by atoms with E-state index >= 15 is 0 Å². The number of piperidine rings is 1. The zero-order valence-electron chi connectivity index (χ0n) is 17.2. The lowest BCUT2D eigenvalue weighted by Crippen LogP contribution is -2.38. The van der Waals surface area contributed by atoms with Crippen molar-refractivity contribution < 1.29 is 9.59 Å². The van der Waals surface area contributed by atoms with E-state index in [-0.39, 0.29) is 5.91 Å². The van der Waals surface area contributed by atoms with Gasteiger partial charge < -0.3 is 16.4 Å². The Bertz CT molecular complexity index is 823. The molecule has 0 saturated carbocycles. The van der Waals surface area contributed by atoms with Crippen molar-refractivity contribution in [2.24, 2.45) is 17.6 Å². The minimum absolute atomic E-state index is 0.156. The number of carbonyl (C=O) groups excluding carboxylic acids is 2. The number of primary amides is 1. The summed E-state index contributed by atoms with van der Waals surface area (Å²) >= 11 is 0. The number of nitrogens with two attached hydrogens (primary N) is 1. The zero-order valence-corrected chi connectivity index (χ0v) is 17.2. The predicted octanol–water partition coefficient (Wildman–Crippen LogP) is 3.59. The molecule has 3 amide bonds.